The third-order valence-electron chi connectivity index (χ3n) is 4.53. The van der Waals surface area contributed by atoms with Crippen LogP contribution < -0.4 is 18.9 Å². The van der Waals surface area contributed by atoms with Crippen LogP contribution in [0.15, 0.2) is 72.8 Å². The molecular formula is C25H22O6. The van der Waals surface area contributed by atoms with Crippen molar-refractivity contribution in [3.63, 3.8) is 0 Å². The van der Waals surface area contributed by atoms with E-state index >= 15 is 0 Å². The molecule has 31 heavy (non-hydrogen) atoms. The average molecular weight is 418 g/mol. The van der Waals surface area contributed by atoms with Gasteiger partial charge < -0.3 is 18.9 Å². The highest BCUT2D eigenvalue weighted by Gasteiger charge is 2.20. The van der Waals surface area contributed by atoms with Gasteiger partial charge in [0.05, 0.1) is 21.3 Å². The predicted octanol–water partition coefficient (Wildman–Crippen LogP) is 4.83. The summed E-state index contributed by atoms with van der Waals surface area (Å²) in [5.74, 6) is 0.860. The second-order valence-corrected chi connectivity index (χ2v) is 6.39. The van der Waals surface area contributed by atoms with Gasteiger partial charge in [0.15, 0.2) is 5.78 Å². The number of para-hydroxylation sites is 1. The Morgan fingerprint density at radius 1 is 0.710 bits per heavy atom. The molecule has 6 heteroatoms. The lowest BCUT2D eigenvalue weighted by molar-refractivity contribution is 0.0727. The van der Waals surface area contributed by atoms with E-state index in [1.807, 2.05) is 24.3 Å². The molecule has 0 aliphatic carbocycles. The van der Waals surface area contributed by atoms with Gasteiger partial charge in [0.25, 0.3) is 0 Å². The number of rotatable bonds is 8. The van der Waals surface area contributed by atoms with Crippen LogP contribution >= 0.6 is 0 Å². The molecule has 0 aliphatic heterocycles. The molecule has 0 aliphatic rings. The van der Waals surface area contributed by atoms with Crippen LogP contribution in [0.1, 0.15) is 26.3 Å². The molecule has 0 N–H and O–H groups in total. The first-order valence-corrected chi connectivity index (χ1v) is 9.46. The number of allylic oxidation sites excluding steroid dienone is 1. The molecule has 0 amide bonds. The van der Waals surface area contributed by atoms with Gasteiger partial charge in [0.1, 0.15) is 28.6 Å². The molecule has 6 nitrogen and oxygen atoms in total. The molecule has 3 aromatic carbocycles. The number of esters is 1. The lowest BCUT2D eigenvalue weighted by atomic mass is 10.1. The Bertz CT molecular complexity index is 1080. The van der Waals surface area contributed by atoms with E-state index in [0.717, 1.165) is 5.56 Å². The number of ether oxygens (including phenoxy) is 4. The highest BCUT2D eigenvalue weighted by molar-refractivity contribution is 6.07. The summed E-state index contributed by atoms with van der Waals surface area (Å²) < 4.78 is 21.2. The van der Waals surface area contributed by atoms with Crippen molar-refractivity contribution >= 4 is 17.8 Å². The minimum atomic E-state index is -0.621. The summed E-state index contributed by atoms with van der Waals surface area (Å²) in [5, 5.41) is 0. The maximum absolute atomic E-state index is 12.6. The van der Waals surface area contributed by atoms with Crippen LogP contribution in [0.3, 0.4) is 0 Å². The van der Waals surface area contributed by atoms with E-state index in [0.29, 0.717) is 28.6 Å². The molecule has 3 rings (SSSR count). The van der Waals surface area contributed by atoms with Crippen molar-refractivity contribution in [1.82, 2.24) is 0 Å². The molecule has 0 saturated carbocycles. The maximum atomic E-state index is 12.6. The number of carbonyl (C=O) groups excluding carboxylic acids is 2. The number of benzene rings is 3. The fourth-order valence-electron chi connectivity index (χ4n) is 2.96. The Balaban J connectivity index is 1.73. The van der Waals surface area contributed by atoms with Crippen molar-refractivity contribution < 1.29 is 28.5 Å². The van der Waals surface area contributed by atoms with Gasteiger partial charge in [-0.25, -0.2) is 4.79 Å². The van der Waals surface area contributed by atoms with Gasteiger partial charge in [-0.05, 0) is 54.6 Å². The summed E-state index contributed by atoms with van der Waals surface area (Å²) in [6.45, 7) is 0. The average Bonchev–Trinajstić information content (AvgIpc) is 2.82. The Kier molecular flexibility index (Phi) is 7.06. The van der Waals surface area contributed by atoms with E-state index in [2.05, 4.69) is 0 Å². The van der Waals surface area contributed by atoms with Crippen LogP contribution in [0.5, 0.6) is 23.0 Å². The molecule has 0 unspecified atom stereocenters. The summed E-state index contributed by atoms with van der Waals surface area (Å²) >= 11 is 0. The molecule has 0 spiro atoms. The molecule has 3 aromatic rings. The van der Waals surface area contributed by atoms with Gasteiger partial charge in [0, 0.05) is 11.1 Å². The predicted molar refractivity (Wildman–Crippen MR) is 117 cm³/mol. The SMILES string of the molecule is COc1ccccc1/C=C/C(=O)c1ccc(OC(=O)c2c(OC)cccc2OC)cc1. The van der Waals surface area contributed by atoms with Gasteiger partial charge in [-0.1, -0.05) is 24.3 Å². The van der Waals surface area contributed by atoms with E-state index in [1.165, 1.54) is 20.3 Å². The number of hydrogen-bond acceptors (Lipinski definition) is 6. The molecular weight excluding hydrogens is 396 g/mol. The second kappa shape index (κ2) is 10.1. The third-order valence-corrected chi connectivity index (χ3v) is 4.53. The van der Waals surface area contributed by atoms with Crippen molar-refractivity contribution in [3.8, 4) is 23.0 Å². The van der Waals surface area contributed by atoms with Gasteiger partial charge in [-0.3, -0.25) is 4.79 Å². The van der Waals surface area contributed by atoms with Crippen LogP contribution in [-0.2, 0) is 0 Å². The minimum Gasteiger partial charge on any atom is -0.496 e. The molecule has 158 valence electrons. The molecule has 0 atom stereocenters. The molecule has 0 radical (unpaired) electrons. The standard InChI is InChI=1S/C25H22O6/c1-28-21-8-5-4-7-18(21)13-16-20(26)17-11-14-19(15-12-17)31-25(27)24-22(29-2)9-6-10-23(24)30-3/h4-16H,1-3H3/b16-13+. The summed E-state index contributed by atoms with van der Waals surface area (Å²) in [6, 6.07) is 18.7. The summed E-state index contributed by atoms with van der Waals surface area (Å²) in [5.41, 5.74) is 1.45. The Hall–Kier alpha value is -4.06. The highest BCUT2D eigenvalue weighted by atomic mass is 16.5. The number of methoxy groups -OCH3 is 3. The zero-order valence-electron chi connectivity index (χ0n) is 17.5. The largest absolute Gasteiger partial charge is 0.496 e. The summed E-state index contributed by atoms with van der Waals surface area (Å²) in [4.78, 5) is 25.1. The zero-order valence-corrected chi connectivity index (χ0v) is 17.5. The minimum absolute atomic E-state index is 0.185. The maximum Gasteiger partial charge on any atom is 0.351 e. The van der Waals surface area contributed by atoms with Crippen LogP contribution in [0.25, 0.3) is 6.08 Å². The van der Waals surface area contributed by atoms with E-state index in [1.54, 1.807) is 55.7 Å². The third kappa shape index (κ3) is 5.11. The lowest BCUT2D eigenvalue weighted by Crippen LogP contribution is -2.12. The normalized spacial score (nSPS) is 10.5. The Morgan fingerprint density at radius 3 is 1.90 bits per heavy atom. The number of carbonyl (C=O) groups is 2. The monoisotopic (exact) mass is 418 g/mol. The quantitative estimate of drug-likeness (QED) is 0.226. The van der Waals surface area contributed by atoms with Crippen molar-refractivity contribution in [2.45, 2.75) is 0 Å². The summed E-state index contributed by atoms with van der Waals surface area (Å²) in [7, 11) is 4.50. The van der Waals surface area contributed by atoms with Gasteiger partial charge >= 0.3 is 5.97 Å². The first-order valence-electron chi connectivity index (χ1n) is 9.46. The lowest BCUT2D eigenvalue weighted by Gasteiger charge is -2.12. The topological polar surface area (TPSA) is 71.1 Å². The van der Waals surface area contributed by atoms with Crippen LogP contribution in [0.2, 0.25) is 0 Å². The second-order valence-electron chi connectivity index (χ2n) is 6.39. The van der Waals surface area contributed by atoms with Crippen LogP contribution in [0, 0.1) is 0 Å². The molecule has 0 bridgehead atoms. The van der Waals surface area contributed by atoms with Crippen LogP contribution in [-0.4, -0.2) is 33.1 Å². The molecule has 0 fully saturated rings. The van der Waals surface area contributed by atoms with E-state index < -0.39 is 5.97 Å². The van der Waals surface area contributed by atoms with E-state index in [-0.39, 0.29) is 11.3 Å². The molecule has 0 saturated heterocycles. The highest BCUT2D eigenvalue weighted by Crippen LogP contribution is 2.29. The number of ketones is 1. The van der Waals surface area contributed by atoms with E-state index in [9.17, 15) is 9.59 Å². The molecule has 0 heterocycles. The smallest absolute Gasteiger partial charge is 0.351 e. The molecule has 0 aromatic heterocycles. The fourth-order valence-corrected chi connectivity index (χ4v) is 2.96. The number of hydrogen-bond donors (Lipinski definition) is 0. The van der Waals surface area contributed by atoms with Crippen molar-refractivity contribution in [2.75, 3.05) is 21.3 Å². The van der Waals surface area contributed by atoms with Crippen LogP contribution in [0.4, 0.5) is 0 Å². The van der Waals surface area contributed by atoms with Gasteiger partial charge in [-0.2, -0.15) is 0 Å². The van der Waals surface area contributed by atoms with Gasteiger partial charge in [0.2, 0.25) is 0 Å². The first kappa shape index (κ1) is 21.6. The summed E-state index contributed by atoms with van der Waals surface area (Å²) in [6.07, 6.45) is 3.17. The van der Waals surface area contributed by atoms with Crippen molar-refractivity contribution in [2.24, 2.45) is 0 Å². The zero-order chi connectivity index (χ0) is 22.2. The van der Waals surface area contributed by atoms with Crippen molar-refractivity contribution in [3.05, 3.63) is 89.5 Å². The Labute approximate surface area is 180 Å². The Morgan fingerprint density at radius 2 is 1.29 bits per heavy atom. The fraction of sp³-hybridized carbons (Fsp3) is 0.120. The van der Waals surface area contributed by atoms with Crippen molar-refractivity contribution in [1.29, 1.82) is 0 Å². The first-order chi connectivity index (χ1) is 15.1. The van der Waals surface area contributed by atoms with E-state index in [4.69, 9.17) is 18.9 Å². The van der Waals surface area contributed by atoms with Gasteiger partial charge in [-0.15, -0.1) is 0 Å².